The molecule has 2 aromatic rings. The van der Waals surface area contributed by atoms with E-state index in [0.29, 0.717) is 17.1 Å². The van der Waals surface area contributed by atoms with Gasteiger partial charge in [0.15, 0.2) is 0 Å². The summed E-state index contributed by atoms with van der Waals surface area (Å²) in [5, 5.41) is 12.5. The third kappa shape index (κ3) is 4.38. The summed E-state index contributed by atoms with van der Waals surface area (Å²) in [7, 11) is 0. The Balaban J connectivity index is 2.00. The van der Waals surface area contributed by atoms with Gasteiger partial charge < -0.3 is 10.4 Å². The largest absolute Gasteiger partial charge is 0.477 e. The number of aryl methyl sites for hydroxylation is 1. The van der Waals surface area contributed by atoms with E-state index in [2.05, 4.69) is 10.3 Å². The normalized spacial score (nSPS) is 13.3. The molecule has 0 saturated carbocycles. The second-order valence-corrected chi connectivity index (χ2v) is 6.77. The van der Waals surface area contributed by atoms with E-state index >= 15 is 0 Å². The number of carbonyl (C=O) groups is 2. The predicted octanol–water partition coefficient (Wildman–Crippen LogP) is 3.34. The molecule has 5 nitrogen and oxygen atoms in total. The molecule has 128 valence electrons. The number of hydrogen-bond donors (Lipinski definition) is 2. The maximum absolute atomic E-state index is 13.2. The molecule has 0 aliphatic rings. The van der Waals surface area contributed by atoms with Crippen molar-refractivity contribution in [3.05, 3.63) is 51.2 Å². The fourth-order valence-corrected chi connectivity index (χ4v) is 3.24. The average Bonchev–Trinajstić information content (AvgIpc) is 2.89. The molecule has 0 spiro atoms. The highest BCUT2D eigenvalue weighted by atomic mass is 32.1. The van der Waals surface area contributed by atoms with Gasteiger partial charge >= 0.3 is 5.97 Å². The second kappa shape index (κ2) is 7.53. The molecule has 1 aromatic carbocycles. The SMILES string of the molecule is Cc1nc(C(C)NC(=O)C(C)Cc2cccc(F)c2)sc1C(=O)O. The Hall–Kier alpha value is -2.28. The summed E-state index contributed by atoms with van der Waals surface area (Å²) in [6, 6.07) is 5.78. The molecule has 2 atom stereocenters. The van der Waals surface area contributed by atoms with E-state index in [4.69, 9.17) is 5.11 Å². The van der Waals surface area contributed by atoms with Gasteiger partial charge in [0.05, 0.1) is 11.7 Å². The molecule has 2 N–H and O–H groups in total. The maximum Gasteiger partial charge on any atom is 0.347 e. The number of hydrogen-bond acceptors (Lipinski definition) is 4. The number of nitrogens with one attached hydrogen (secondary N) is 1. The monoisotopic (exact) mass is 350 g/mol. The lowest BCUT2D eigenvalue weighted by Crippen LogP contribution is -2.32. The number of amides is 1. The van der Waals surface area contributed by atoms with Gasteiger partial charge in [-0.3, -0.25) is 4.79 Å². The number of nitrogens with zero attached hydrogens (tertiary/aromatic N) is 1. The van der Waals surface area contributed by atoms with Crippen LogP contribution in [0.4, 0.5) is 4.39 Å². The zero-order valence-corrected chi connectivity index (χ0v) is 14.5. The van der Waals surface area contributed by atoms with Crippen LogP contribution in [0.25, 0.3) is 0 Å². The van der Waals surface area contributed by atoms with Crippen molar-refractivity contribution in [2.24, 2.45) is 5.92 Å². The van der Waals surface area contributed by atoms with Gasteiger partial charge in [-0.25, -0.2) is 14.2 Å². The summed E-state index contributed by atoms with van der Waals surface area (Å²) < 4.78 is 13.2. The summed E-state index contributed by atoms with van der Waals surface area (Å²) in [6.07, 6.45) is 0.424. The zero-order valence-electron chi connectivity index (χ0n) is 13.7. The first kappa shape index (κ1) is 18.1. The van der Waals surface area contributed by atoms with Crippen LogP contribution in [-0.2, 0) is 11.2 Å². The van der Waals surface area contributed by atoms with E-state index in [1.807, 2.05) is 0 Å². The number of rotatable bonds is 6. The van der Waals surface area contributed by atoms with E-state index < -0.39 is 5.97 Å². The molecule has 24 heavy (non-hydrogen) atoms. The van der Waals surface area contributed by atoms with E-state index in [1.165, 1.54) is 12.1 Å². The fourth-order valence-electron chi connectivity index (χ4n) is 2.33. The molecule has 1 aromatic heterocycles. The number of benzene rings is 1. The third-order valence-corrected chi connectivity index (χ3v) is 4.94. The molecule has 0 aliphatic heterocycles. The number of carboxylic acid groups (broad SMARTS) is 1. The van der Waals surface area contributed by atoms with Crippen molar-refractivity contribution in [1.29, 1.82) is 0 Å². The molecule has 0 saturated heterocycles. The highest BCUT2D eigenvalue weighted by Crippen LogP contribution is 2.24. The van der Waals surface area contributed by atoms with Gasteiger partial charge in [-0.2, -0.15) is 0 Å². The summed E-state index contributed by atoms with van der Waals surface area (Å²) in [5.41, 5.74) is 1.19. The van der Waals surface area contributed by atoms with Gasteiger partial charge in [-0.05, 0) is 38.0 Å². The van der Waals surface area contributed by atoms with Crippen LogP contribution in [0.5, 0.6) is 0 Å². The molecule has 7 heteroatoms. The molecular weight excluding hydrogens is 331 g/mol. The summed E-state index contributed by atoms with van der Waals surface area (Å²) in [5.74, 6) is -1.87. The minimum absolute atomic E-state index is 0.180. The van der Waals surface area contributed by atoms with E-state index in [0.717, 1.165) is 16.9 Å². The molecule has 0 fully saturated rings. The minimum atomic E-state index is -1.02. The van der Waals surface area contributed by atoms with Crippen LogP contribution < -0.4 is 5.32 Å². The van der Waals surface area contributed by atoms with E-state index in [9.17, 15) is 14.0 Å². The van der Waals surface area contributed by atoms with Crippen molar-refractivity contribution in [1.82, 2.24) is 10.3 Å². The highest BCUT2D eigenvalue weighted by Gasteiger charge is 2.21. The van der Waals surface area contributed by atoms with Crippen LogP contribution in [0.2, 0.25) is 0 Å². The van der Waals surface area contributed by atoms with Crippen molar-refractivity contribution in [3.8, 4) is 0 Å². The zero-order chi connectivity index (χ0) is 17.9. The lowest BCUT2D eigenvalue weighted by Gasteiger charge is -2.16. The first-order valence-electron chi connectivity index (χ1n) is 7.53. The Bertz CT molecular complexity index is 760. The topological polar surface area (TPSA) is 79.3 Å². The lowest BCUT2D eigenvalue weighted by molar-refractivity contribution is -0.125. The van der Waals surface area contributed by atoms with Crippen molar-refractivity contribution < 1.29 is 19.1 Å². The number of halogens is 1. The molecule has 2 unspecified atom stereocenters. The van der Waals surface area contributed by atoms with Crippen LogP contribution in [0.1, 0.15) is 45.8 Å². The quantitative estimate of drug-likeness (QED) is 0.837. The molecule has 0 radical (unpaired) electrons. The third-order valence-electron chi connectivity index (χ3n) is 3.62. The van der Waals surface area contributed by atoms with Gasteiger partial charge in [-0.15, -0.1) is 11.3 Å². The number of aromatic carboxylic acids is 1. The Kier molecular flexibility index (Phi) is 5.66. The molecule has 2 rings (SSSR count). The molecule has 0 aliphatic carbocycles. The average molecular weight is 350 g/mol. The van der Waals surface area contributed by atoms with Crippen molar-refractivity contribution >= 4 is 23.2 Å². The fraction of sp³-hybridized carbons (Fsp3) is 0.353. The Morgan fingerprint density at radius 2 is 2.08 bits per heavy atom. The highest BCUT2D eigenvalue weighted by molar-refractivity contribution is 7.13. The van der Waals surface area contributed by atoms with Crippen LogP contribution in [0, 0.1) is 18.7 Å². The van der Waals surface area contributed by atoms with Gasteiger partial charge in [0.2, 0.25) is 5.91 Å². The first-order valence-corrected chi connectivity index (χ1v) is 8.35. The molecular formula is C17H19FN2O3S. The molecule has 0 bridgehead atoms. The lowest BCUT2D eigenvalue weighted by atomic mass is 10.00. The minimum Gasteiger partial charge on any atom is -0.477 e. The summed E-state index contributed by atoms with van der Waals surface area (Å²) in [4.78, 5) is 27.8. The summed E-state index contributed by atoms with van der Waals surface area (Å²) >= 11 is 1.06. The summed E-state index contributed by atoms with van der Waals surface area (Å²) in [6.45, 7) is 5.16. The van der Waals surface area contributed by atoms with Gasteiger partial charge in [-0.1, -0.05) is 19.1 Å². The van der Waals surface area contributed by atoms with Crippen LogP contribution >= 0.6 is 11.3 Å². The number of carbonyl (C=O) groups excluding carboxylic acids is 1. The van der Waals surface area contributed by atoms with E-state index in [1.54, 1.807) is 32.9 Å². The number of aromatic nitrogens is 1. The van der Waals surface area contributed by atoms with Crippen LogP contribution in [0.3, 0.4) is 0 Å². The van der Waals surface area contributed by atoms with Crippen molar-refractivity contribution in [3.63, 3.8) is 0 Å². The molecule has 1 amide bonds. The Labute approximate surface area is 143 Å². The van der Waals surface area contributed by atoms with Gasteiger partial charge in [0.25, 0.3) is 0 Å². The predicted molar refractivity (Wildman–Crippen MR) is 89.6 cm³/mol. The van der Waals surface area contributed by atoms with Crippen molar-refractivity contribution in [2.75, 3.05) is 0 Å². The van der Waals surface area contributed by atoms with E-state index in [-0.39, 0.29) is 28.6 Å². The Morgan fingerprint density at radius 1 is 1.38 bits per heavy atom. The molecule has 1 heterocycles. The number of carboxylic acids is 1. The first-order chi connectivity index (χ1) is 11.3. The van der Waals surface area contributed by atoms with Crippen molar-refractivity contribution in [2.45, 2.75) is 33.2 Å². The smallest absolute Gasteiger partial charge is 0.347 e. The maximum atomic E-state index is 13.2. The number of thiazole rings is 1. The van der Waals surface area contributed by atoms with Gasteiger partial charge in [0, 0.05) is 5.92 Å². The Morgan fingerprint density at radius 3 is 2.67 bits per heavy atom. The standard InChI is InChI=1S/C17H19FN2O3S/c1-9(7-12-5-4-6-13(18)8-12)15(21)19-11(3)16-20-10(2)14(24-16)17(22)23/h4-6,8-9,11H,7H2,1-3H3,(H,19,21)(H,22,23). The second-order valence-electron chi connectivity index (χ2n) is 5.74. The van der Waals surface area contributed by atoms with Crippen LogP contribution in [0.15, 0.2) is 24.3 Å². The van der Waals surface area contributed by atoms with Crippen LogP contribution in [-0.4, -0.2) is 22.0 Å². The van der Waals surface area contributed by atoms with Gasteiger partial charge in [0.1, 0.15) is 15.7 Å².